The molecule has 102 valence electrons. The highest BCUT2D eigenvalue weighted by Crippen LogP contribution is 2.20. The summed E-state index contributed by atoms with van der Waals surface area (Å²) in [5.74, 6) is 0.708. The van der Waals surface area contributed by atoms with E-state index in [-0.39, 0.29) is 0 Å². The first kappa shape index (κ1) is 16.0. The van der Waals surface area contributed by atoms with Crippen LogP contribution in [0.2, 0.25) is 5.02 Å². The van der Waals surface area contributed by atoms with Crippen LogP contribution in [0.4, 0.5) is 0 Å². The summed E-state index contributed by atoms with van der Waals surface area (Å²) < 4.78 is 6.54. The normalized spacial score (nSPS) is 11.2. The minimum absolute atomic E-state index is 0.708. The topological polar surface area (TPSA) is 21.3 Å². The zero-order valence-corrected chi connectivity index (χ0v) is 13.4. The van der Waals surface area contributed by atoms with Crippen molar-refractivity contribution in [3.05, 3.63) is 33.3 Å². The monoisotopic (exact) mass is 333 g/mol. The van der Waals surface area contributed by atoms with E-state index in [1.165, 1.54) is 0 Å². The van der Waals surface area contributed by atoms with Gasteiger partial charge in [0.05, 0.1) is 6.61 Å². The van der Waals surface area contributed by atoms with E-state index in [9.17, 15) is 0 Å². The van der Waals surface area contributed by atoms with E-state index in [2.05, 4.69) is 35.1 Å². The Kier molecular flexibility index (Phi) is 7.91. The molecule has 0 saturated carbocycles. The summed E-state index contributed by atoms with van der Waals surface area (Å²) in [6.45, 7) is 7.64. The summed E-state index contributed by atoms with van der Waals surface area (Å²) in [5.41, 5.74) is 1.11. The Bertz CT molecular complexity index is 358. The zero-order chi connectivity index (χ0) is 13.4. The molecule has 0 fully saturated rings. The molecule has 0 aliphatic heterocycles. The first-order chi connectivity index (χ1) is 8.59. The second-order valence-corrected chi connectivity index (χ2v) is 6.03. The molecule has 0 saturated heterocycles. The highest BCUT2D eigenvalue weighted by molar-refractivity contribution is 9.10. The van der Waals surface area contributed by atoms with Gasteiger partial charge in [-0.3, -0.25) is 0 Å². The van der Waals surface area contributed by atoms with Crippen molar-refractivity contribution in [3.63, 3.8) is 0 Å². The molecule has 2 nitrogen and oxygen atoms in total. The molecule has 0 unspecified atom stereocenters. The molecule has 0 spiro atoms. The lowest BCUT2D eigenvalue weighted by Crippen LogP contribution is -2.19. The molecule has 0 radical (unpaired) electrons. The lowest BCUT2D eigenvalue weighted by Gasteiger charge is -2.09. The molecule has 0 bridgehead atoms. The Balaban J connectivity index is 2.11. The second kappa shape index (κ2) is 8.92. The first-order valence-corrected chi connectivity index (χ1v) is 7.49. The van der Waals surface area contributed by atoms with E-state index in [0.717, 1.165) is 47.8 Å². The maximum atomic E-state index is 6.13. The molecule has 18 heavy (non-hydrogen) atoms. The van der Waals surface area contributed by atoms with E-state index in [0.29, 0.717) is 5.92 Å². The van der Waals surface area contributed by atoms with Crippen LogP contribution >= 0.6 is 27.5 Å². The van der Waals surface area contributed by atoms with Gasteiger partial charge < -0.3 is 10.1 Å². The Morgan fingerprint density at radius 3 is 2.78 bits per heavy atom. The molecule has 0 amide bonds. The van der Waals surface area contributed by atoms with Crippen LogP contribution in [-0.2, 0) is 11.3 Å². The third kappa shape index (κ3) is 6.74. The van der Waals surface area contributed by atoms with Crippen molar-refractivity contribution >= 4 is 27.5 Å². The van der Waals surface area contributed by atoms with Gasteiger partial charge >= 0.3 is 0 Å². The highest BCUT2D eigenvalue weighted by atomic mass is 79.9. The summed E-state index contributed by atoms with van der Waals surface area (Å²) in [6.07, 6.45) is 1.12. The van der Waals surface area contributed by atoms with Crippen LogP contribution in [0.3, 0.4) is 0 Å². The Morgan fingerprint density at radius 1 is 1.33 bits per heavy atom. The van der Waals surface area contributed by atoms with E-state index in [4.69, 9.17) is 16.3 Å². The average molecular weight is 335 g/mol. The maximum Gasteiger partial charge on any atom is 0.0591 e. The van der Waals surface area contributed by atoms with Crippen molar-refractivity contribution in [2.24, 2.45) is 5.92 Å². The first-order valence-electron chi connectivity index (χ1n) is 6.32. The quantitative estimate of drug-likeness (QED) is 0.717. The van der Waals surface area contributed by atoms with Gasteiger partial charge in [-0.15, -0.1) is 0 Å². The van der Waals surface area contributed by atoms with Gasteiger partial charge in [0.25, 0.3) is 0 Å². The largest absolute Gasteiger partial charge is 0.380 e. The van der Waals surface area contributed by atoms with E-state index < -0.39 is 0 Å². The minimum atomic E-state index is 0.708. The van der Waals surface area contributed by atoms with Crippen molar-refractivity contribution in [2.75, 3.05) is 19.8 Å². The van der Waals surface area contributed by atoms with Gasteiger partial charge in [-0.1, -0.05) is 47.4 Å². The summed E-state index contributed by atoms with van der Waals surface area (Å²) >= 11 is 9.52. The van der Waals surface area contributed by atoms with Crippen LogP contribution in [0.5, 0.6) is 0 Å². The molecular formula is C14H21BrClNO. The van der Waals surface area contributed by atoms with Crippen LogP contribution in [-0.4, -0.2) is 19.8 Å². The van der Waals surface area contributed by atoms with Crippen LogP contribution < -0.4 is 5.32 Å². The molecule has 0 aliphatic carbocycles. The van der Waals surface area contributed by atoms with Gasteiger partial charge in [-0.2, -0.15) is 0 Å². The Hall–Kier alpha value is -0.0900. The van der Waals surface area contributed by atoms with Crippen LogP contribution in [0.15, 0.2) is 22.7 Å². The van der Waals surface area contributed by atoms with Crippen molar-refractivity contribution < 1.29 is 4.74 Å². The van der Waals surface area contributed by atoms with E-state index in [1.54, 1.807) is 0 Å². The number of halogens is 2. The highest BCUT2D eigenvalue weighted by Gasteiger charge is 2.00. The number of benzene rings is 1. The summed E-state index contributed by atoms with van der Waals surface area (Å²) in [7, 11) is 0. The summed E-state index contributed by atoms with van der Waals surface area (Å²) in [4.78, 5) is 0. The van der Waals surface area contributed by atoms with Gasteiger partial charge in [0, 0.05) is 29.2 Å². The molecule has 0 atom stereocenters. The fourth-order valence-corrected chi connectivity index (χ4v) is 2.19. The predicted molar refractivity (Wildman–Crippen MR) is 81.1 cm³/mol. The maximum absolute atomic E-state index is 6.13. The molecule has 1 N–H and O–H groups in total. The molecule has 0 aliphatic rings. The SMILES string of the molecule is CC(C)CCOCCNCc1ccc(Br)cc1Cl. The fraction of sp³-hybridized carbons (Fsp3) is 0.571. The number of ether oxygens (including phenoxy) is 1. The number of rotatable bonds is 8. The smallest absolute Gasteiger partial charge is 0.0591 e. The standard InChI is InChI=1S/C14H21BrClNO/c1-11(2)5-7-18-8-6-17-10-12-3-4-13(15)9-14(12)16/h3-4,9,11,17H,5-8,10H2,1-2H3. The molecule has 1 aromatic rings. The van der Waals surface area contributed by atoms with Crippen LogP contribution in [0.25, 0.3) is 0 Å². The fourth-order valence-electron chi connectivity index (χ4n) is 1.45. The van der Waals surface area contributed by atoms with Gasteiger partial charge in [0.15, 0.2) is 0 Å². The third-order valence-electron chi connectivity index (χ3n) is 2.59. The van der Waals surface area contributed by atoms with Gasteiger partial charge in [-0.25, -0.2) is 0 Å². The zero-order valence-electron chi connectivity index (χ0n) is 11.0. The molecule has 0 aromatic heterocycles. The average Bonchev–Trinajstić information content (AvgIpc) is 2.30. The molecule has 0 heterocycles. The van der Waals surface area contributed by atoms with Gasteiger partial charge in [-0.05, 0) is 30.0 Å². The Morgan fingerprint density at radius 2 is 2.11 bits per heavy atom. The molecule has 4 heteroatoms. The lowest BCUT2D eigenvalue weighted by molar-refractivity contribution is 0.125. The Labute approximate surface area is 123 Å². The third-order valence-corrected chi connectivity index (χ3v) is 3.44. The van der Waals surface area contributed by atoms with Gasteiger partial charge in [0.2, 0.25) is 0 Å². The lowest BCUT2D eigenvalue weighted by atomic mass is 10.1. The molecule has 1 aromatic carbocycles. The second-order valence-electron chi connectivity index (χ2n) is 4.71. The number of hydrogen-bond acceptors (Lipinski definition) is 2. The minimum Gasteiger partial charge on any atom is -0.380 e. The van der Waals surface area contributed by atoms with Crippen LogP contribution in [0.1, 0.15) is 25.8 Å². The predicted octanol–water partition coefficient (Wildman–Crippen LogP) is 4.25. The van der Waals surface area contributed by atoms with Crippen molar-refractivity contribution in [2.45, 2.75) is 26.8 Å². The van der Waals surface area contributed by atoms with Crippen molar-refractivity contribution in [3.8, 4) is 0 Å². The molecular weight excluding hydrogens is 314 g/mol. The van der Waals surface area contributed by atoms with Crippen molar-refractivity contribution in [1.82, 2.24) is 5.32 Å². The van der Waals surface area contributed by atoms with E-state index in [1.807, 2.05) is 18.2 Å². The van der Waals surface area contributed by atoms with Gasteiger partial charge in [0.1, 0.15) is 0 Å². The summed E-state index contributed by atoms with van der Waals surface area (Å²) in [5, 5.41) is 4.11. The van der Waals surface area contributed by atoms with E-state index >= 15 is 0 Å². The number of hydrogen-bond donors (Lipinski definition) is 1. The van der Waals surface area contributed by atoms with Crippen LogP contribution in [0, 0.1) is 5.92 Å². The van der Waals surface area contributed by atoms with Crippen molar-refractivity contribution in [1.29, 1.82) is 0 Å². The number of nitrogens with one attached hydrogen (secondary N) is 1. The molecule has 1 rings (SSSR count). The summed E-state index contributed by atoms with van der Waals surface area (Å²) in [6, 6.07) is 5.94.